The zero-order valence-electron chi connectivity index (χ0n) is 12.0. The standard InChI is InChI=1S/C18H23NO/c1-2-13-18(14-17(19)20,15-9-5-3-6-10-15)16-11-7-4-8-12-16/h3-12,17,20H,2,13-14,19H2,1H3. The van der Waals surface area contributed by atoms with Gasteiger partial charge < -0.3 is 10.8 Å². The summed E-state index contributed by atoms with van der Waals surface area (Å²) in [4.78, 5) is 0. The van der Waals surface area contributed by atoms with Gasteiger partial charge in [-0.15, -0.1) is 0 Å². The number of hydrogen-bond acceptors (Lipinski definition) is 2. The van der Waals surface area contributed by atoms with Gasteiger partial charge in [0.25, 0.3) is 0 Å². The predicted molar refractivity (Wildman–Crippen MR) is 83.4 cm³/mol. The Bertz CT molecular complexity index is 468. The molecule has 0 aromatic heterocycles. The van der Waals surface area contributed by atoms with Crippen molar-refractivity contribution in [1.82, 2.24) is 0 Å². The summed E-state index contributed by atoms with van der Waals surface area (Å²) in [5.74, 6) is 0. The van der Waals surface area contributed by atoms with Crippen LogP contribution < -0.4 is 5.73 Å². The van der Waals surface area contributed by atoms with Crippen molar-refractivity contribution in [2.75, 3.05) is 0 Å². The Labute approximate surface area is 121 Å². The maximum Gasteiger partial charge on any atom is 0.103 e. The molecule has 0 radical (unpaired) electrons. The average molecular weight is 269 g/mol. The maximum atomic E-state index is 9.82. The fourth-order valence-electron chi connectivity index (χ4n) is 3.09. The van der Waals surface area contributed by atoms with Crippen LogP contribution in [0.5, 0.6) is 0 Å². The molecule has 2 nitrogen and oxygen atoms in total. The lowest BCUT2D eigenvalue weighted by atomic mass is 9.69. The first-order chi connectivity index (χ1) is 9.69. The molecule has 2 rings (SSSR count). The molecule has 1 unspecified atom stereocenters. The first-order valence-electron chi connectivity index (χ1n) is 7.24. The zero-order valence-corrected chi connectivity index (χ0v) is 12.0. The van der Waals surface area contributed by atoms with E-state index in [1.54, 1.807) is 0 Å². The van der Waals surface area contributed by atoms with E-state index in [1.807, 2.05) is 36.4 Å². The maximum absolute atomic E-state index is 9.82. The SMILES string of the molecule is CCCC(CC(N)O)(c1ccccc1)c1ccccc1. The summed E-state index contributed by atoms with van der Waals surface area (Å²) in [6, 6.07) is 20.7. The van der Waals surface area contributed by atoms with Gasteiger partial charge in [0.1, 0.15) is 6.23 Å². The van der Waals surface area contributed by atoms with Gasteiger partial charge in [0.2, 0.25) is 0 Å². The molecule has 20 heavy (non-hydrogen) atoms. The van der Waals surface area contributed by atoms with E-state index in [2.05, 4.69) is 31.2 Å². The lowest BCUT2D eigenvalue weighted by molar-refractivity contribution is 0.143. The van der Waals surface area contributed by atoms with Crippen molar-refractivity contribution >= 4 is 0 Å². The van der Waals surface area contributed by atoms with Crippen molar-refractivity contribution in [2.45, 2.75) is 37.8 Å². The summed E-state index contributed by atoms with van der Waals surface area (Å²) in [6.07, 6.45) is 1.72. The second-order valence-corrected chi connectivity index (χ2v) is 5.34. The Morgan fingerprint density at radius 2 is 1.40 bits per heavy atom. The number of hydrogen-bond donors (Lipinski definition) is 2. The number of rotatable bonds is 6. The van der Waals surface area contributed by atoms with Crippen LogP contribution in [0.2, 0.25) is 0 Å². The highest BCUT2D eigenvalue weighted by Gasteiger charge is 2.34. The normalized spacial score (nSPS) is 13.2. The third-order valence-electron chi connectivity index (χ3n) is 3.89. The second kappa shape index (κ2) is 6.69. The molecule has 0 saturated carbocycles. The van der Waals surface area contributed by atoms with Crippen molar-refractivity contribution in [3.8, 4) is 0 Å². The monoisotopic (exact) mass is 269 g/mol. The summed E-state index contributed by atoms with van der Waals surface area (Å²) in [5, 5.41) is 9.82. The number of aliphatic hydroxyl groups excluding tert-OH is 1. The van der Waals surface area contributed by atoms with Crippen LogP contribution in [0.3, 0.4) is 0 Å². The molecule has 0 aliphatic rings. The van der Waals surface area contributed by atoms with E-state index >= 15 is 0 Å². The predicted octanol–water partition coefficient (Wildman–Crippen LogP) is 3.44. The third kappa shape index (κ3) is 3.09. The molecule has 3 N–H and O–H groups in total. The minimum absolute atomic E-state index is 0.217. The molecular weight excluding hydrogens is 246 g/mol. The fourth-order valence-corrected chi connectivity index (χ4v) is 3.09. The van der Waals surface area contributed by atoms with E-state index in [9.17, 15) is 5.11 Å². The Hall–Kier alpha value is -1.64. The molecule has 0 aliphatic carbocycles. The van der Waals surface area contributed by atoms with Gasteiger partial charge in [-0.1, -0.05) is 74.0 Å². The molecule has 106 valence electrons. The summed E-state index contributed by atoms with van der Waals surface area (Å²) >= 11 is 0. The first-order valence-corrected chi connectivity index (χ1v) is 7.24. The lowest BCUT2D eigenvalue weighted by Gasteiger charge is -2.36. The highest BCUT2D eigenvalue weighted by atomic mass is 16.3. The van der Waals surface area contributed by atoms with E-state index in [0.29, 0.717) is 6.42 Å². The molecular formula is C18H23NO. The van der Waals surface area contributed by atoms with E-state index in [-0.39, 0.29) is 5.41 Å². The minimum Gasteiger partial charge on any atom is -0.379 e. The van der Waals surface area contributed by atoms with Gasteiger partial charge in [0.05, 0.1) is 0 Å². The average Bonchev–Trinajstić information content (AvgIpc) is 2.48. The summed E-state index contributed by atoms with van der Waals surface area (Å²) < 4.78 is 0. The highest BCUT2D eigenvalue weighted by Crippen LogP contribution is 2.40. The van der Waals surface area contributed by atoms with Crippen LogP contribution in [0.25, 0.3) is 0 Å². The lowest BCUT2D eigenvalue weighted by Crippen LogP contribution is -2.36. The minimum atomic E-state index is -0.818. The molecule has 0 spiro atoms. The van der Waals surface area contributed by atoms with Gasteiger partial charge in [-0.3, -0.25) is 0 Å². The van der Waals surface area contributed by atoms with Crippen LogP contribution in [0.15, 0.2) is 60.7 Å². The molecule has 2 aromatic carbocycles. The van der Waals surface area contributed by atoms with Crippen molar-refractivity contribution in [3.05, 3.63) is 71.8 Å². The van der Waals surface area contributed by atoms with Crippen LogP contribution in [-0.2, 0) is 5.41 Å². The van der Waals surface area contributed by atoms with Crippen LogP contribution in [-0.4, -0.2) is 11.3 Å². The van der Waals surface area contributed by atoms with E-state index in [1.165, 1.54) is 11.1 Å². The van der Waals surface area contributed by atoms with Crippen molar-refractivity contribution in [1.29, 1.82) is 0 Å². The van der Waals surface area contributed by atoms with Crippen molar-refractivity contribution in [2.24, 2.45) is 5.73 Å². The topological polar surface area (TPSA) is 46.2 Å². The quantitative estimate of drug-likeness (QED) is 0.789. The fraction of sp³-hybridized carbons (Fsp3) is 0.333. The molecule has 0 fully saturated rings. The smallest absolute Gasteiger partial charge is 0.103 e. The van der Waals surface area contributed by atoms with E-state index in [4.69, 9.17) is 5.73 Å². The van der Waals surface area contributed by atoms with Gasteiger partial charge in [0.15, 0.2) is 0 Å². The van der Waals surface area contributed by atoms with E-state index in [0.717, 1.165) is 12.8 Å². The number of nitrogens with two attached hydrogens (primary N) is 1. The van der Waals surface area contributed by atoms with E-state index < -0.39 is 6.23 Å². The van der Waals surface area contributed by atoms with Gasteiger partial charge >= 0.3 is 0 Å². The molecule has 1 atom stereocenters. The van der Waals surface area contributed by atoms with Crippen LogP contribution in [0.4, 0.5) is 0 Å². The van der Waals surface area contributed by atoms with Gasteiger partial charge in [-0.25, -0.2) is 0 Å². The molecule has 0 heterocycles. The largest absolute Gasteiger partial charge is 0.379 e. The van der Waals surface area contributed by atoms with Gasteiger partial charge in [-0.2, -0.15) is 0 Å². The third-order valence-corrected chi connectivity index (χ3v) is 3.89. The van der Waals surface area contributed by atoms with Crippen LogP contribution in [0.1, 0.15) is 37.3 Å². The summed E-state index contributed by atoms with van der Waals surface area (Å²) in [6.45, 7) is 2.17. The summed E-state index contributed by atoms with van der Waals surface area (Å²) in [7, 11) is 0. The molecule has 0 aliphatic heterocycles. The molecule has 2 heteroatoms. The first kappa shape index (κ1) is 14.8. The summed E-state index contributed by atoms with van der Waals surface area (Å²) in [5.41, 5.74) is 7.96. The van der Waals surface area contributed by atoms with Crippen molar-refractivity contribution < 1.29 is 5.11 Å². The number of aliphatic hydroxyl groups is 1. The van der Waals surface area contributed by atoms with Gasteiger partial charge in [0, 0.05) is 11.8 Å². The van der Waals surface area contributed by atoms with Crippen LogP contribution in [0, 0.1) is 0 Å². The second-order valence-electron chi connectivity index (χ2n) is 5.34. The van der Waals surface area contributed by atoms with Gasteiger partial charge in [-0.05, 0) is 17.5 Å². The molecule has 0 bridgehead atoms. The van der Waals surface area contributed by atoms with Crippen molar-refractivity contribution in [3.63, 3.8) is 0 Å². The molecule has 0 saturated heterocycles. The Morgan fingerprint density at radius 1 is 0.950 bits per heavy atom. The Kier molecular flexibility index (Phi) is 4.94. The Balaban J connectivity index is 2.56. The Morgan fingerprint density at radius 3 is 1.75 bits per heavy atom. The molecule has 2 aromatic rings. The van der Waals surface area contributed by atoms with Crippen LogP contribution >= 0.6 is 0 Å². The zero-order chi connectivity index (χ0) is 14.4. The number of benzene rings is 2. The molecule has 0 amide bonds. The highest BCUT2D eigenvalue weighted by molar-refractivity contribution is 5.39.